The van der Waals surface area contributed by atoms with Gasteiger partial charge in [0.05, 0.1) is 0 Å². The number of hydrogen-bond donors (Lipinski definition) is 1. The molecule has 0 saturated heterocycles. The van der Waals surface area contributed by atoms with Gasteiger partial charge in [0.15, 0.2) is 0 Å². The Balaban J connectivity index is 2.04. The molecule has 0 bridgehead atoms. The Bertz CT molecular complexity index is 809. The molecule has 0 fully saturated rings. The zero-order valence-corrected chi connectivity index (χ0v) is 14.4. The first-order valence-electron chi connectivity index (χ1n) is 8.39. The Kier molecular flexibility index (Phi) is 4.01. The maximum absolute atomic E-state index is 12.6. The first-order valence-corrected chi connectivity index (χ1v) is 8.39. The topological polar surface area (TPSA) is 32.9 Å². The van der Waals surface area contributed by atoms with Crippen LogP contribution in [0.2, 0.25) is 0 Å². The number of rotatable bonds is 3. The van der Waals surface area contributed by atoms with Crippen LogP contribution in [0.15, 0.2) is 41.2 Å². The van der Waals surface area contributed by atoms with Crippen LogP contribution in [0, 0.1) is 0 Å². The zero-order chi connectivity index (χ0) is 16.6. The number of pyridine rings is 1. The van der Waals surface area contributed by atoms with Gasteiger partial charge in [0.25, 0.3) is 5.56 Å². The number of nitrogens with one attached hydrogen (secondary N) is 1. The molecular formula is C21H25NO. The van der Waals surface area contributed by atoms with Crippen molar-refractivity contribution in [3.05, 3.63) is 74.7 Å². The van der Waals surface area contributed by atoms with E-state index in [1.54, 1.807) is 0 Å². The summed E-state index contributed by atoms with van der Waals surface area (Å²) in [6.45, 7) is 8.75. The number of aromatic nitrogens is 1. The highest BCUT2D eigenvalue weighted by Gasteiger charge is 2.26. The molecule has 0 unspecified atom stereocenters. The third-order valence-electron chi connectivity index (χ3n) is 4.81. The molecule has 2 heteroatoms. The molecule has 1 aromatic carbocycles. The van der Waals surface area contributed by atoms with Gasteiger partial charge in [-0.2, -0.15) is 0 Å². The second-order valence-electron chi connectivity index (χ2n) is 7.47. The van der Waals surface area contributed by atoms with Crippen molar-refractivity contribution < 1.29 is 0 Å². The van der Waals surface area contributed by atoms with E-state index in [1.165, 1.54) is 11.1 Å². The molecular weight excluding hydrogens is 282 g/mol. The van der Waals surface area contributed by atoms with Gasteiger partial charge >= 0.3 is 0 Å². The van der Waals surface area contributed by atoms with Gasteiger partial charge in [-0.15, -0.1) is 0 Å². The molecule has 0 amide bonds. The van der Waals surface area contributed by atoms with Gasteiger partial charge in [0.2, 0.25) is 0 Å². The van der Waals surface area contributed by atoms with Crippen LogP contribution < -0.4 is 5.56 Å². The van der Waals surface area contributed by atoms with E-state index in [1.807, 2.05) is 0 Å². The highest BCUT2D eigenvalue weighted by Crippen LogP contribution is 2.33. The maximum Gasteiger partial charge on any atom is 0.251 e. The van der Waals surface area contributed by atoms with Crippen LogP contribution in [-0.4, -0.2) is 4.98 Å². The number of allylic oxidation sites excluding steroid dienone is 1. The molecule has 1 aromatic heterocycles. The molecule has 0 radical (unpaired) electrons. The number of fused-ring (bicyclic) bond motifs is 1. The Morgan fingerprint density at radius 1 is 1.17 bits per heavy atom. The largest absolute Gasteiger partial charge is 0.325 e. The van der Waals surface area contributed by atoms with Crippen molar-refractivity contribution in [3.8, 4) is 0 Å². The molecule has 1 aliphatic rings. The monoisotopic (exact) mass is 307 g/mol. The highest BCUT2D eigenvalue weighted by atomic mass is 16.1. The molecule has 0 spiro atoms. The predicted octanol–water partition coefficient (Wildman–Crippen LogP) is 4.78. The van der Waals surface area contributed by atoms with Gasteiger partial charge in [-0.3, -0.25) is 4.79 Å². The molecule has 23 heavy (non-hydrogen) atoms. The summed E-state index contributed by atoms with van der Waals surface area (Å²) in [5.74, 6) is 0.460. The molecule has 0 aliphatic heterocycles. The summed E-state index contributed by atoms with van der Waals surface area (Å²) in [6.07, 6.45) is 5.98. The zero-order valence-electron chi connectivity index (χ0n) is 14.4. The summed E-state index contributed by atoms with van der Waals surface area (Å²) in [5.41, 5.74) is 5.67. The summed E-state index contributed by atoms with van der Waals surface area (Å²) in [4.78, 5) is 15.7. The van der Waals surface area contributed by atoms with Gasteiger partial charge in [0.1, 0.15) is 0 Å². The van der Waals surface area contributed by atoms with Crippen molar-refractivity contribution in [2.45, 2.75) is 51.9 Å². The molecule has 120 valence electrons. The van der Waals surface area contributed by atoms with Crippen LogP contribution >= 0.6 is 0 Å². The van der Waals surface area contributed by atoms with E-state index in [0.717, 1.165) is 23.2 Å². The third-order valence-corrected chi connectivity index (χ3v) is 4.81. The molecule has 2 aromatic rings. The molecule has 1 heterocycles. The second-order valence-corrected chi connectivity index (χ2v) is 7.47. The van der Waals surface area contributed by atoms with Crippen molar-refractivity contribution >= 4 is 6.08 Å². The minimum atomic E-state index is -0.00237. The van der Waals surface area contributed by atoms with Crippen LogP contribution in [0.25, 0.3) is 6.08 Å². The third kappa shape index (κ3) is 3.03. The average molecular weight is 307 g/mol. The maximum atomic E-state index is 12.6. The Morgan fingerprint density at radius 2 is 1.91 bits per heavy atom. The standard InChI is InChI=1S/C21H25NO/c1-14(2)18-10-6-5-8-15(18)12-17-13-16-9-7-11-21(3,4)19(16)22-20(17)23/h5-10,13-14H,11-12H2,1-4H3,(H,22,23). The van der Waals surface area contributed by atoms with E-state index < -0.39 is 0 Å². The molecule has 0 saturated carbocycles. The lowest BCUT2D eigenvalue weighted by Gasteiger charge is -2.28. The number of hydrogen-bond acceptors (Lipinski definition) is 1. The predicted molar refractivity (Wildman–Crippen MR) is 97.1 cm³/mol. The number of aromatic amines is 1. The van der Waals surface area contributed by atoms with Gasteiger partial charge in [-0.1, -0.05) is 64.1 Å². The molecule has 2 nitrogen and oxygen atoms in total. The average Bonchev–Trinajstić information content (AvgIpc) is 2.49. The van der Waals surface area contributed by atoms with Gasteiger partial charge < -0.3 is 4.98 Å². The minimum Gasteiger partial charge on any atom is -0.325 e. The van der Waals surface area contributed by atoms with E-state index >= 15 is 0 Å². The normalized spacial score (nSPS) is 15.7. The molecule has 0 atom stereocenters. The van der Waals surface area contributed by atoms with Gasteiger partial charge in [-0.05, 0) is 35.1 Å². The van der Waals surface area contributed by atoms with Crippen LogP contribution in [0.3, 0.4) is 0 Å². The van der Waals surface area contributed by atoms with Crippen molar-refractivity contribution in [2.75, 3.05) is 0 Å². The Hall–Kier alpha value is -2.09. The lowest BCUT2D eigenvalue weighted by Crippen LogP contribution is -2.27. The van der Waals surface area contributed by atoms with Crippen molar-refractivity contribution in [1.29, 1.82) is 0 Å². The van der Waals surface area contributed by atoms with E-state index in [9.17, 15) is 4.79 Å². The number of H-pyrrole nitrogens is 1. The fraction of sp³-hybridized carbons (Fsp3) is 0.381. The van der Waals surface area contributed by atoms with Gasteiger partial charge in [-0.25, -0.2) is 0 Å². The van der Waals surface area contributed by atoms with E-state index in [0.29, 0.717) is 12.3 Å². The van der Waals surface area contributed by atoms with Crippen LogP contribution in [0.1, 0.15) is 68.0 Å². The lowest BCUT2D eigenvalue weighted by atomic mass is 9.79. The number of benzene rings is 1. The van der Waals surface area contributed by atoms with Gasteiger partial charge in [0, 0.05) is 23.1 Å². The Labute approximate surface area is 138 Å². The highest BCUT2D eigenvalue weighted by molar-refractivity contribution is 5.58. The van der Waals surface area contributed by atoms with Crippen LogP contribution in [0.4, 0.5) is 0 Å². The smallest absolute Gasteiger partial charge is 0.251 e. The van der Waals surface area contributed by atoms with Crippen molar-refractivity contribution in [2.24, 2.45) is 0 Å². The molecule has 3 rings (SSSR count). The SMILES string of the molecule is CC(C)c1ccccc1Cc1cc2c([nH]c1=O)C(C)(C)CC=C2. The van der Waals surface area contributed by atoms with Crippen LogP contribution in [0.5, 0.6) is 0 Å². The first kappa shape index (κ1) is 15.8. The Morgan fingerprint density at radius 3 is 2.65 bits per heavy atom. The summed E-state index contributed by atoms with van der Waals surface area (Å²) >= 11 is 0. The minimum absolute atomic E-state index is 0.00237. The van der Waals surface area contributed by atoms with E-state index in [-0.39, 0.29) is 11.0 Å². The first-order chi connectivity index (χ1) is 10.9. The summed E-state index contributed by atoms with van der Waals surface area (Å²) < 4.78 is 0. The summed E-state index contributed by atoms with van der Waals surface area (Å²) in [7, 11) is 0. The molecule has 1 N–H and O–H groups in total. The van der Waals surface area contributed by atoms with Crippen molar-refractivity contribution in [1.82, 2.24) is 4.98 Å². The summed E-state index contributed by atoms with van der Waals surface area (Å²) in [5, 5.41) is 0. The molecule has 1 aliphatic carbocycles. The lowest BCUT2D eigenvalue weighted by molar-refractivity contribution is 0.508. The fourth-order valence-electron chi connectivity index (χ4n) is 3.46. The quantitative estimate of drug-likeness (QED) is 0.869. The fourth-order valence-corrected chi connectivity index (χ4v) is 3.46. The van der Waals surface area contributed by atoms with Crippen molar-refractivity contribution in [3.63, 3.8) is 0 Å². The van der Waals surface area contributed by atoms with E-state index in [2.05, 4.69) is 75.2 Å². The second kappa shape index (κ2) is 5.84. The summed E-state index contributed by atoms with van der Waals surface area (Å²) in [6, 6.07) is 10.5. The van der Waals surface area contributed by atoms with Crippen LogP contribution in [-0.2, 0) is 11.8 Å². The van der Waals surface area contributed by atoms with E-state index in [4.69, 9.17) is 0 Å².